The van der Waals surface area contributed by atoms with E-state index in [1.807, 2.05) is 0 Å². The number of phenolic OH excluding ortho intramolecular Hbond substituents is 1. The summed E-state index contributed by atoms with van der Waals surface area (Å²) in [5.41, 5.74) is 0.910. The molecule has 4 amide bonds. The summed E-state index contributed by atoms with van der Waals surface area (Å²) in [4.78, 5) is 38.6. The summed E-state index contributed by atoms with van der Waals surface area (Å²) in [5.74, 6) is -1.81. The molecule has 0 bridgehead atoms. The van der Waals surface area contributed by atoms with E-state index in [2.05, 4.69) is 5.32 Å². The van der Waals surface area contributed by atoms with Crippen molar-refractivity contribution < 1.29 is 28.6 Å². The van der Waals surface area contributed by atoms with Crippen LogP contribution in [0.2, 0.25) is 5.02 Å². The quantitative estimate of drug-likeness (QED) is 0.428. The minimum atomic E-state index is -0.910. The topological polar surface area (TPSA) is 95.9 Å². The molecule has 0 atom stereocenters. The smallest absolute Gasteiger partial charge is 0.335 e. The highest BCUT2D eigenvalue weighted by molar-refractivity contribution is 6.39. The van der Waals surface area contributed by atoms with Crippen molar-refractivity contribution >= 4 is 41.2 Å². The molecular weight excluding hydrogens is 451 g/mol. The van der Waals surface area contributed by atoms with Gasteiger partial charge in [0.25, 0.3) is 11.8 Å². The van der Waals surface area contributed by atoms with Crippen LogP contribution in [0.15, 0.2) is 72.3 Å². The second-order valence-electron chi connectivity index (χ2n) is 7.07. The first-order chi connectivity index (χ1) is 15.8. The van der Waals surface area contributed by atoms with Gasteiger partial charge >= 0.3 is 6.03 Å². The van der Waals surface area contributed by atoms with Crippen LogP contribution in [0.1, 0.15) is 11.1 Å². The molecule has 0 aliphatic carbocycles. The molecule has 0 aromatic heterocycles. The number of nitrogens with zero attached hydrogens (tertiary/aromatic N) is 1. The zero-order chi connectivity index (χ0) is 23.5. The number of nitrogens with one attached hydrogen (secondary N) is 1. The first-order valence-corrected chi connectivity index (χ1v) is 10.1. The maximum atomic E-state index is 13.1. The van der Waals surface area contributed by atoms with E-state index in [4.69, 9.17) is 16.3 Å². The SMILES string of the molecule is O=C1NC(=O)N(c2ccc(O)cc2)C(=O)/C1=C/c1cc(Cl)ccc1OCc1ccc(F)cc1. The molecule has 1 fully saturated rings. The molecule has 9 heteroatoms. The van der Waals surface area contributed by atoms with Gasteiger partial charge in [0.15, 0.2) is 0 Å². The highest BCUT2D eigenvalue weighted by atomic mass is 35.5. The van der Waals surface area contributed by atoms with E-state index in [0.717, 1.165) is 4.90 Å². The van der Waals surface area contributed by atoms with Crippen molar-refractivity contribution in [2.24, 2.45) is 0 Å². The third kappa shape index (κ3) is 4.86. The van der Waals surface area contributed by atoms with Gasteiger partial charge in [-0.05, 0) is 66.2 Å². The van der Waals surface area contributed by atoms with Crippen molar-refractivity contribution in [3.05, 3.63) is 94.3 Å². The first kappa shape index (κ1) is 22.0. The first-order valence-electron chi connectivity index (χ1n) is 9.69. The Hall–Kier alpha value is -4.17. The van der Waals surface area contributed by atoms with Crippen molar-refractivity contribution in [2.75, 3.05) is 4.90 Å². The Morgan fingerprint density at radius 1 is 1.00 bits per heavy atom. The number of carbonyl (C=O) groups excluding carboxylic acids is 3. The molecule has 3 aromatic carbocycles. The largest absolute Gasteiger partial charge is 0.508 e. The van der Waals surface area contributed by atoms with Crippen LogP contribution < -0.4 is 15.0 Å². The predicted octanol–water partition coefficient (Wildman–Crippen LogP) is 4.43. The van der Waals surface area contributed by atoms with Crippen LogP contribution in [0, 0.1) is 5.82 Å². The minimum Gasteiger partial charge on any atom is -0.508 e. The number of anilines is 1. The summed E-state index contributed by atoms with van der Waals surface area (Å²) in [6.07, 6.45) is 1.28. The molecule has 166 valence electrons. The van der Waals surface area contributed by atoms with Gasteiger partial charge in [-0.2, -0.15) is 0 Å². The van der Waals surface area contributed by atoms with Crippen LogP contribution in [0.5, 0.6) is 11.5 Å². The third-order valence-electron chi connectivity index (χ3n) is 4.79. The number of aromatic hydroxyl groups is 1. The number of urea groups is 1. The van der Waals surface area contributed by atoms with Gasteiger partial charge in [-0.15, -0.1) is 0 Å². The van der Waals surface area contributed by atoms with Crippen LogP contribution >= 0.6 is 11.6 Å². The van der Waals surface area contributed by atoms with Gasteiger partial charge in [0.1, 0.15) is 29.5 Å². The van der Waals surface area contributed by atoms with Gasteiger partial charge in [0, 0.05) is 10.6 Å². The Balaban J connectivity index is 1.66. The number of carbonyl (C=O) groups is 3. The van der Waals surface area contributed by atoms with Crippen molar-refractivity contribution in [2.45, 2.75) is 6.61 Å². The fraction of sp³-hybridized carbons (Fsp3) is 0.0417. The normalized spacial score (nSPS) is 15.0. The lowest BCUT2D eigenvalue weighted by atomic mass is 10.1. The van der Waals surface area contributed by atoms with E-state index in [1.54, 1.807) is 24.3 Å². The molecule has 1 saturated heterocycles. The third-order valence-corrected chi connectivity index (χ3v) is 5.02. The van der Waals surface area contributed by atoms with E-state index in [1.165, 1.54) is 48.5 Å². The molecule has 0 unspecified atom stereocenters. The number of ether oxygens (including phenoxy) is 1. The summed E-state index contributed by atoms with van der Waals surface area (Å²) in [5, 5.41) is 11.9. The number of phenols is 1. The van der Waals surface area contributed by atoms with Gasteiger partial charge in [-0.1, -0.05) is 23.7 Å². The molecule has 7 nitrogen and oxygen atoms in total. The van der Waals surface area contributed by atoms with Crippen LogP contribution in [-0.4, -0.2) is 23.0 Å². The average Bonchev–Trinajstić information content (AvgIpc) is 2.78. The molecule has 0 spiro atoms. The van der Waals surface area contributed by atoms with E-state index < -0.39 is 17.8 Å². The van der Waals surface area contributed by atoms with E-state index in [-0.39, 0.29) is 29.4 Å². The van der Waals surface area contributed by atoms with Crippen LogP contribution in [0.3, 0.4) is 0 Å². The van der Waals surface area contributed by atoms with Crippen molar-refractivity contribution in [1.29, 1.82) is 0 Å². The Morgan fingerprint density at radius 3 is 2.39 bits per heavy atom. The number of rotatable bonds is 5. The Kier molecular flexibility index (Phi) is 6.10. The van der Waals surface area contributed by atoms with E-state index in [9.17, 15) is 23.9 Å². The fourth-order valence-corrected chi connectivity index (χ4v) is 3.33. The second-order valence-corrected chi connectivity index (χ2v) is 7.51. The summed E-state index contributed by atoms with van der Waals surface area (Å²) in [6.45, 7) is 0.107. The Labute approximate surface area is 192 Å². The molecular formula is C24H16ClFN2O5. The Bertz CT molecular complexity index is 1270. The fourth-order valence-electron chi connectivity index (χ4n) is 3.15. The van der Waals surface area contributed by atoms with Crippen LogP contribution in [0.25, 0.3) is 6.08 Å². The molecule has 1 heterocycles. The monoisotopic (exact) mass is 466 g/mol. The lowest BCUT2D eigenvalue weighted by Crippen LogP contribution is -2.54. The van der Waals surface area contributed by atoms with Crippen molar-refractivity contribution in [3.63, 3.8) is 0 Å². The summed E-state index contributed by atoms with van der Waals surface area (Å²) < 4.78 is 18.9. The maximum absolute atomic E-state index is 13.1. The second kappa shape index (κ2) is 9.13. The minimum absolute atomic E-state index is 0.0441. The van der Waals surface area contributed by atoms with Crippen LogP contribution in [0.4, 0.5) is 14.9 Å². The number of hydrogen-bond donors (Lipinski definition) is 2. The number of hydrogen-bond acceptors (Lipinski definition) is 5. The number of halogens is 2. The number of imide groups is 2. The zero-order valence-electron chi connectivity index (χ0n) is 16.9. The lowest BCUT2D eigenvalue weighted by Gasteiger charge is -2.26. The molecule has 33 heavy (non-hydrogen) atoms. The van der Waals surface area contributed by atoms with E-state index in [0.29, 0.717) is 21.9 Å². The number of benzene rings is 3. The molecule has 1 aliphatic rings. The molecule has 1 aliphatic heterocycles. The summed E-state index contributed by atoms with van der Waals surface area (Å²) in [7, 11) is 0. The number of amides is 4. The van der Waals surface area contributed by atoms with Crippen molar-refractivity contribution in [3.8, 4) is 11.5 Å². The van der Waals surface area contributed by atoms with Crippen LogP contribution in [-0.2, 0) is 16.2 Å². The number of barbiturate groups is 1. The highest BCUT2D eigenvalue weighted by Gasteiger charge is 2.37. The van der Waals surface area contributed by atoms with Crippen molar-refractivity contribution in [1.82, 2.24) is 5.32 Å². The molecule has 4 rings (SSSR count). The summed E-state index contributed by atoms with van der Waals surface area (Å²) in [6, 6.07) is 14.9. The van der Waals surface area contributed by atoms with Gasteiger partial charge < -0.3 is 9.84 Å². The van der Waals surface area contributed by atoms with Gasteiger partial charge in [-0.3, -0.25) is 14.9 Å². The predicted molar refractivity (Wildman–Crippen MR) is 119 cm³/mol. The van der Waals surface area contributed by atoms with Gasteiger partial charge in [0.2, 0.25) is 0 Å². The maximum Gasteiger partial charge on any atom is 0.335 e. The Morgan fingerprint density at radius 2 is 1.70 bits per heavy atom. The molecule has 2 N–H and O–H groups in total. The molecule has 0 saturated carbocycles. The van der Waals surface area contributed by atoms with Gasteiger partial charge in [0.05, 0.1) is 5.69 Å². The molecule has 0 radical (unpaired) electrons. The molecule has 3 aromatic rings. The summed E-state index contributed by atoms with van der Waals surface area (Å²) >= 11 is 6.10. The van der Waals surface area contributed by atoms with E-state index >= 15 is 0 Å². The van der Waals surface area contributed by atoms with Gasteiger partial charge in [-0.25, -0.2) is 14.1 Å². The lowest BCUT2D eigenvalue weighted by molar-refractivity contribution is -0.122. The standard InChI is InChI=1S/C24H16ClFN2O5/c25-16-3-10-21(33-13-14-1-4-17(26)5-2-14)15(11-16)12-20-22(30)27-24(32)28(23(20)31)18-6-8-19(29)9-7-18/h1-12,29H,13H2,(H,27,30,32)/b20-12+. The highest BCUT2D eigenvalue weighted by Crippen LogP contribution is 2.29. The zero-order valence-corrected chi connectivity index (χ0v) is 17.7. The average molecular weight is 467 g/mol.